The van der Waals surface area contributed by atoms with E-state index in [1.807, 2.05) is 13.2 Å². The molecule has 0 aliphatic carbocycles. The highest BCUT2D eigenvalue weighted by Crippen LogP contribution is 2.14. The molecule has 0 fully saturated rings. The number of unbranched alkanes of at least 4 members (excludes halogenated alkanes) is 2. The summed E-state index contributed by atoms with van der Waals surface area (Å²) in [4.78, 5) is 11.9. The van der Waals surface area contributed by atoms with Gasteiger partial charge >= 0.3 is 5.97 Å². The molecule has 160 valence electrons. The molecule has 0 amide bonds. The van der Waals surface area contributed by atoms with E-state index in [1.165, 1.54) is 18.4 Å². The molecule has 0 aromatic heterocycles. The fourth-order valence-corrected chi connectivity index (χ4v) is 2.59. The normalized spacial score (nSPS) is 12.8. The Hall–Kier alpha value is -1.07. The van der Waals surface area contributed by atoms with Crippen molar-refractivity contribution in [3.05, 3.63) is 11.8 Å². The van der Waals surface area contributed by atoms with Crippen molar-refractivity contribution in [2.24, 2.45) is 5.92 Å². The first-order valence-corrected chi connectivity index (χ1v) is 10.8. The van der Waals surface area contributed by atoms with E-state index >= 15 is 0 Å². The van der Waals surface area contributed by atoms with Gasteiger partial charge in [-0.15, -0.1) is 0 Å². The second-order valence-corrected chi connectivity index (χ2v) is 6.74. The molecule has 0 rings (SSSR count). The summed E-state index contributed by atoms with van der Waals surface area (Å²) in [6, 6.07) is 0. The molecule has 5 nitrogen and oxygen atoms in total. The molecule has 0 aliphatic rings. The smallest absolute Gasteiger partial charge is 0.308 e. The Morgan fingerprint density at radius 3 is 2.07 bits per heavy atom. The van der Waals surface area contributed by atoms with Gasteiger partial charge < -0.3 is 18.9 Å². The Kier molecular flexibility index (Phi) is 18.9. The van der Waals surface area contributed by atoms with E-state index in [9.17, 15) is 4.79 Å². The molecule has 1 atom stereocenters. The van der Waals surface area contributed by atoms with Crippen LogP contribution in [0, 0.1) is 5.92 Å². The third-order valence-electron chi connectivity index (χ3n) is 4.48. The average Bonchev–Trinajstić information content (AvgIpc) is 2.68. The predicted octanol–water partition coefficient (Wildman–Crippen LogP) is 5.28. The highest BCUT2D eigenvalue weighted by atomic mass is 16.6. The van der Waals surface area contributed by atoms with E-state index in [-0.39, 0.29) is 11.9 Å². The third kappa shape index (κ3) is 15.7. The van der Waals surface area contributed by atoms with Crippen LogP contribution in [0.25, 0.3) is 0 Å². The number of hydrogen-bond acceptors (Lipinski definition) is 5. The van der Waals surface area contributed by atoms with Crippen molar-refractivity contribution in [1.29, 1.82) is 0 Å². The second-order valence-electron chi connectivity index (χ2n) is 6.74. The van der Waals surface area contributed by atoms with Gasteiger partial charge in [-0.25, -0.2) is 0 Å². The van der Waals surface area contributed by atoms with Crippen LogP contribution in [-0.2, 0) is 23.7 Å². The lowest BCUT2D eigenvalue weighted by molar-refractivity contribution is -0.150. The number of esters is 1. The summed E-state index contributed by atoms with van der Waals surface area (Å²) in [5.74, 6) is -0.0704. The summed E-state index contributed by atoms with van der Waals surface area (Å²) in [6.07, 6.45) is 10.4. The average molecular weight is 387 g/mol. The van der Waals surface area contributed by atoms with Crippen LogP contribution in [-0.4, -0.2) is 45.6 Å². The van der Waals surface area contributed by atoms with Crippen molar-refractivity contribution in [2.75, 3.05) is 39.6 Å². The van der Waals surface area contributed by atoms with Crippen LogP contribution in [0.15, 0.2) is 11.8 Å². The van der Waals surface area contributed by atoms with Gasteiger partial charge in [0.05, 0.1) is 38.6 Å². The fraction of sp³-hybridized carbons (Fsp3) is 0.864. The van der Waals surface area contributed by atoms with Gasteiger partial charge in [0, 0.05) is 0 Å². The minimum Gasteiger partial charge on any atom is -0.499 e. The molecule has 1 unspecified atom stereocenters. The third-order valence-corrected chi connectivity index (χ3v) is 4.48. The number of rotatable bonds is 19. The topological polar surface area (TPSA) is 54.0 Å². The zero-order valence-corrected chi connectivity index (χ0v) is 18.1. The van der Waals surface area contributed by atoms with Crippen LogP contribution in [0.1, 0.15) is 79.1 Å². The van der Waals surface area contributed by atoms with Crippen molar-refractivity contribution >= 4 is 5.97 Å². The zero-order valence-electron chi connectivity index (χ0n) is 18.1. The number of allylic oxidation sites excluding steroid dienone is 1. The van der Waals surface area contributed by atoms with Gasteiger partial charge in [0.15, 0.2) is 0 Å². The molecular formula is C22H42O5. The molecule has 0 radical (unpaired) electrons. The monoisotopic (exact) mass is 386 g/mol. The van der Waals surface area contributed by atoms with E-state index in [0.29, 0.717) is 39.6 Å². The van der Waals surface area contributed by atoms with Crippen LogP contribution in [0.3, 0.4) is 0 Å². The van der Waals surface area contributed by atoms with Crippen LogP contribution < -0.4 is 0 Å². The molecular weight excluding hydrogens is 344 g/mol. The minimum absolute atomic E-state index is 0.0255. The lowest BCUT2D eigenvalue weighted by Gasteiger charge is -2.13. The molecule has 0 spiro atoms. The first-order valence-electron chi connectivity index (χ1n) is 10.8. The lowest BCUT2D eigenvalue weighted by Crippen LogP contribution is -2.20. The van der Waals surface area contributed by atoms with Gasteiger partial charge in [0.25, 0.3) is 0 Å². The molecule has 0 aromatic rings. The molecule has 0 aliphatic heterocycles. The predicted molar refractivity (Wildman–Crippen MR) is 110 cm³/mol. The zero-order chi connectivity index (χ0) is 20.2. The number of carbonyl (C=O) groups is 1. The van der Waals surface area contributed by atoms with Crippen molar-refractivity contribution in [2.45, 2.75) is 79.1 Å². The summed E-state index contributed by atoms with van der Waals surface area (Å²) in [7, 11) is 0. The fourth-order valence-electron chi connectivity index (χ4n) is 2.59. The van der Waals surface area contributed by atoms with Crippen LogP contribution in [0.2, 0.25) is 0 Å². The van der Waals surface area contributed by atoms with Crippen LogP contribution >= 0.6 is 0 Å². The van der Waals surface area contributed by atoms with Gasteiger partial charge in [0.2, 0.25) is 0 Å². The highest BCUT2D eigenvalue weighted by Gasteiger charge is 2.16. The Balaban J connectivity index is 3.51. The van der Waals surface area contributed by atoms with E-state index < -0.39 is 0 Å². The highest BCUT2D eigenvalue weighted by molar-refractivity contribution is 5.72. The second kappa shape index (κ2) is 19.7. The van der Waals surface area contributed by atoms with E-state index in [1.54, 1.807) is 0 Å². The van der Waals surface area contributed by atoms with Gasteiger partial charge in [-0.3, -0.25) is 4.79 Å². The standard InChI is InChI=1S/C22H42O5/c1-5-9-11-20(7-3)19-26-16-15-24-13-14-25-17-18-27-22(23)21(8-4)12-10-6-2/h19,21H,5-18H2,1-4H3/b20-19+. The number of ether oxygens (including phenoxy) is 4. The van der Waals surface area contributed by atoms with Crippen LogP contribution in [0.5, 0.6) is 0 Å². The van der Waals surface area contributed by atoms with E-state index in [4.69, 9.17) is 18.9 Å². The van der Waals surface area contributed by atoms with Gasteiger partial charge in [-0.1, -0.05) is 47.0 Å². The van der Waals surface area contributed by atoms with Gasteiger partial charge in [0.1, 0.15) is 13.2 Å². The number of carbonyl (C=O) groups excluding carboxylic acids is 1. The summed E-state index contributed by atoms with van der Waals surface area (Å²) in [6.45, 7) is 11.4. The Morgan fingerprint density at radius 1 is 0.852 bits per heavy atom. The molecule has 0 heterocycles. The minimum atomic E-state index is -0.0959. The molecule has 0 saturated carbocycles. The maximum Gasteiger partial charge on any atom is 0.308 e. The summed E-state index contributed by atoms with van der Waals surface area (Å²) in [5.41, 5.74) is 1.36. The Bertz CT molecular complexity index is 368. The summed E-state index contributed by atoms with van der Waals surface area (Å²) < 4.78 is 21.7. The molecule has 0 aromatic carbocycles. The van der Waals surface area contributed by atoms with Crippen LogP contribution in [0.4, 0.5) is 0 Å². The molecule has 0 N–H and O–H groups in total. The van der Waals surface area contributed by atoms with Crippen molar-refractivity contribution in [3.63, 3.8) is 0 Å². The van der Waals surface area contributed by atoms with Crippen molar-refractivity contribution < 1.29 is 23.7 Å². The molecule has 0 bridgehead atoms. The largest absolute Gasteiger partial charge is 0.499 e. The summed E-state index contributed by atoms with van der Waals surface area (Å²) >= 11 is 0. The first-order chi connectivity index (χ1) is 13.2. The maximum absolute atomic E-state index is 11.9. The maximum atomic E-state index is 11.9. The van der Waals surface area contributed by atoms with Gasteiger partial charge in [-0.2, -0.15) is 0 Å². The number of hydrogen-bond donors (Lipinski definition) is 0. The van der Waals surface area contributed by atoms with Crippen molar-refractivity contribution in [3.8, 4) is 0 Å². The summed E-state index contributed by atoms with van der Waals surface area (Å²) in [5, 5.41) is 0. The lowest BCUT2D eigenvalue weighted by atomic mass is 10.00. The Morgan fingerprint density at radius 2 is 1.48 bits per heavy atom. The Labute approximate surface area is 166 Å². The SMILES string of the molecule is CCCC/C(=C/OCCOCCOCCOC(=O)C(CC)CCCC)CC. The van der Waals surface area contributed by atoms with E-state index in [0.717, 1.165) is 38.5 Å². The quantitative estimate of drug-likeness (QED) is 0.172. The van der Waals surface area contributed by atoms with E-state index in [2.05, 4.69) is 20.8 Å². The van der Waals surface area contributed by atoms with Gasteiger partial charge in [-0.05, 0) is 37.7 Å². The molecule has 5 heteroatoms. The molecule has 27 heavy (non-hydrogen) atoms. The van der Waals surface area contributed by atoms with Crippen molar-refractivity contribution in [1.82, 2.24) is 0 Å². The molecule has 0 saturated heterocycles. The first kappa shape index (κ1) is 25.9.